The molecule has 0 unspecified atom stereocenters. The van der Waals surface area contributed by atoms with Crippen LogP contribution in [0.5, 0.6) is 0 Å². The Bertz CT molecular complexity index is 661. The van der Waals surface area contributed by atoms with E-state index in [1.165, 1.54) is 0 Å². The molecule has 6 nitrogen and oxygen atoms in total. The fourth-order valence-electron chi connectivity index (χ4n) is 2.53. The van der Waals surface area contributed by atoms with Crippen LogP contribution in [0.15, 0.2) is 0 Å². The zero-order valence-electron chi connectivity index (χ0n) is 16.8. The fourth-order valence-corrected chi connectivity index (χ4v) is 3.71. The van der Waals surface area contributed by atoms with Crippen LogP contribution in [0.3, 0.4) is 0 Å². The van der Waals surface area contributed by atoms with E-state index in [-0.39, 0.29) is 29.4 Å². The lowest BCUT2D eigenvalue weighted by Gasteiger charge is -2.18. The Labute approximate surface area is 159 Å². The van der Waals surface area contributed by atoms with Crippen LogP contribution in [0.1, 0.15) is 73.6 Å². The van der Waals surface area contributed by atoms with Crippen molar-refractivity contribution in [1.82, 2.24) is 4.90 Å². The largest absolute Gasteiger partial charge is 0.459 e. The van der Waals surface area contributed by atoms with Crippen molar-refractivity contribution >= 4 is 34.1 Å². The van der Waals surface area contributed by atoms with Crippen LogP contribution in [-0.4, -0.2) is 41.9 Å². The van der Waals surface area contributed by atoms with Crippen LogP contribution in [0, 0.1) is 12.8 Å². The van der Waals surface area contributed by atoms with E-state index >= 15 is 0 Å². The van der Waals surface area contributed by atoms with Crippen molar-refractivity contribution in [2.24, 2.45) is 5.92 Å². The number of amides is 2. The summed E-state index contributed by atoms with van der Waals surface area (Å²) in [4.78, 5) is 39.7. The second-order valence-electron chi connectivity index (χ2n) is 6.84. The Hall–Kier alpha value is -1.89. The Kier molecular flexibility index (Phi) is 8.27. The number of anilines is 1. The molecule has 0 bridgehead atoms. The number of carbonyl (C=O) groups excluding carboxylic acids is 3. The van der Waals surface area contributed by atoms with Gasteiger partial charge in [-0.3, -0.25) is 9.59 Å². The van der Waals surface area contributed by atoms with E-state index in [1.54, 1.807) is 25.7 Å². The van der Waals surface area contributed by atoms with Crippen LogP contribution in [0.25, 0.3) is 0 Å². The highest BCUT2D eigenvalue weighted by atomic mass is 32.1. The van der Waals surface area contributed by atoms with Crippen LogP contribution in [0.2, 0.25) is 0 Å². The molecule has 0 radical (unpaired) electrons. The number of hydrogen-bond donors (Lipinski definition) is 1. The highest BCUT2D eigenvalue weighted by Crippen LogP contribution is 2.35. The molecule has 1 heterocycles. The molecule has 1 rings (SSSR count). The molecule has 1 N–H and O–H groups in total. The first-order chi connectivity index (χ1) is 12.1. The zero-order valence-corrected chi connectivity index (χ0v) is 17.6. The van der Waals surface area contributed by atoms with Crippen LogP contribution >= 0.6 is 11.3 Å². The van der Waals surface area contributed by atoms with Gasteiger partial charge in [0, 0.05) is 19.5 Å². The van der Waals surface area contributed by atoms with Gasteiger partial charge in [-0.1, -0.05) is 13.8 Å². The highest BCUT2D eigenvalue weighted by molar-refractivity contribution is 7.18. The Morgan fingerprint density at radius 2 is 1.69 bits per heavy atom. The molecule has 0 aliphatic rings. The van der Waals surface area contributed by atoms with E-state index < -0.39 is 5.97 Å². The molecule has 0 aliphatic heterocycles. The van der Waals surface area contributed by atoms with E-state index in [2.05, 4.69) is 5.32 Å². The minimum Gasteiger partial charge on any atom is -0.459 e. The normalized spacial score (nSPS) is 11.0. The molecule has 2 amide bonds. The van der Waals surface area contributed by atoms with Gasteiger partial charge in [0.25, 0.3) is 5.91 Å². The summed E-state index contributed by atoms with van der Waals surface area (Å²) in [6.45, 7) is 14.1. The average Bonchev–Trinajstić information content (AvgIpc) is 2.83. The van der Waals surface area contributed by atoms with Crippen molar-refractivity contribution in [2.45, 2.75) is 61.0 Å². The molecule has 0 aliphatic carbocycles. The maximum Gasteiger partial charge on any atom is 0.341 e. The first kappa shape index (κ1) is 22.2. The molecule has 0 saturated heterocycles. The highest BCUT2D eigenvalue weighted by Gasteiger charge is 2.28. The van der Waals surface area contributed by atoms with Gasteiger partial charge in [0.15, 0.2) is 0 Å². The number of esters is 1. The monoisotopic (exact) mass is 382 g/mol. The SMILES string of the molecule is CCN(CC)C(=O)c1sc(NC(=O)CC(C)C)c(C(=O)OC(C)C)c1C. The van der Waals surface area contributed by atoms with Gasteiger partial charge in [0.05, 0.1) is 16.5 Å². The van der Waals surface area contributed by atoms with E-state index in [0.717, 1.165) is 11.3 Å². The lowest BCUT2D eigenvalue weighted by atomic mass is 10.1. The van der Waals surface area contributed by atoms with Gasteiger partial charge in [-0.2, -0.15) is 0 Å². The number of carbonyl (C=O) groups is 3. The molecular weight excluding hydrogens is 352 g/mol. The smallest absolute Gasteiger partial charge is 0.341 e. The van der Waals surface area contributed by atoms with Crippen molar-refractivity contribution in [2.75, 3.05) is 18.4 Å². The third-order valence-electron chi connectivity index (χ3n) is 3.79. The standard InChI is InChI=1S/C19H30N2O4S/c1-8-21(9-2)18(23)16-13(7)15(19(24)25-12(5)6)17(26-16)20-14(22)10-11(3)4/h11-12H,8-10H2,1-7H3,(H,20,22). The van der Waals surface area contributed by atoms with Crippen molar-refractivity contribution < 1.29 is 19.1 Å². The summed E-state index contributed by atoms with van der Waals surface area (Å²) in [5, 5.41) is 3.18. The zero-order chi connectivity index (χ0) is 20.0. The first-order valence-electron chi connectivity index (χ1n) is 9.05. The third-order valence-corrected chi connectivity index (χ3v) is 4.98. The first-order valence-corrected chi connectivity index (χ1v) is 9.87. The van der Waals surface area contributed by atoms with Gasteiger partial charge >= 0.3 is 5.97 Å². The molecule has 7 heteroatoms. The number of ether oxygens (including phenoxy) is 1. The minimum absolute atomic E-state index is 0.138. The van der Waals surface area contributed by atoms with E-state index in [9.17, 15) is 14.4 Å². The molecule has 0 saturated carbocycles. The maximum atomic E-state index is 12.8. The molecule has 0 aromatic carbocycles. The summed E-state index contributed by atoms with van der Waals surface area (Å²) in [5.74, 6) is -0.645. The van der Waals surface area contributed by atoms with Crippen molar-refractivity contribution in [1.29, 1.82) is 0 Å². The number of thiophene rings is 1. The second kappa shape index (κ2) is 9.71. The van der Waals surface area contributed by atoms with Crippen molar-refractivity contribution in [3.05, 3.63) is 16.0 Å². The maximum absolute atomic E-state index is 12.8. The Morgan fingerprint density at radius 1 is 1.12 bits per heavy atom. The summed E-state index contributed by atoms with van der Waals surface area (Å²) in [6.07, 6.45) is 0.0533. The summed E-state index contributed by atoms with van der Waals surface area (Å²) in [7, 11) is 0. The lowest BCUT2D eigenvalue weighted by Crippen LogP contribution is -2.30. The molecule has 0 fully saturated rings. The topological polar surface area (TPSA) is 75.7 Å². The van der Waals surface area contributed by atoms with Crippen molar-refractivity contribution in [3.63, 3.8) is 0 Å². The Morgan fingerprint density at radius 3 is 2.15 bits per heavy atom. The van der Waals surface area contributed by atoms with E-state index in [4.69, 9.17) is 4.74 Å². The predicted octanol–water partition coefficient (Wildman–Crippen LogP) is 4.09. The van der Waals surface area contributed by atoms with E-state index in [1.807, 2.05) is 27.7 Å². The molecular formula is C19H30N2O4S. The molecule has 146 valence electrons. The van der Waals surface area contributed by atoms with Crippen LogP contribution in [0.4, 0.5) is 5.00 Å². The van der Waals surface area contributed by atoms with Gasteiger partial charge < -0.3 is 15.0 Å². The molecule has 26 heavy (non-hydrogen) atoms. The number of rotatable bonds is 8. The average molecular weight is 383 g/mol. The van der Waals surface area contributed by atoms with E-state index in [0.29, 0.717) is 35.0 Å². The van der Waals surface area contributed by atoms with Crippen molar-refractivity contribution in [3.8, 4) is 0 Å². The predicted molar refractivity (Wildman–Crippen MR) is 105 cm³/mol. The molecule has 0 atom stereocenters. The summed E-state index contributed by atoms with van der Waals surface area (Å²) in [5.41, 5.74) is 0.828. The molecule has 1 aromatic rings. The number of hydrogen-bond acceptors (Lipinski definition) is 5. The van der Waals surface area contributed by atoms with Gasteiger partial charge in [-0.25, -0.2) is 4.79 Å². The third kappa shape index (κ3) is 5.56. The Balaban J connectivity index is 3.32. The van der Waals surface area contributed by atoms with Crippen LogP contribution in [-0.2, 0) is 9.53 Å². The number of nitrogens with one attached hydrogen (secondary N) is 1. The van der Waals surface area contributed by atoms with Gasteiger partial charge in [0.2, 0.25) is 5.91 Å². The van der Waals surface area contributed by atoms with Gasteiger partial charge in [-0.05, 0) is 46.1 Å². The summed E-state index contributed by atoms with van der Waals surface area (Å²) in [6, 6.07) is 0. The molecule has 1 aromatic heterocycles. The second-order valence-corrected chi connectivity index (χ2v) is 7.86. The molecule has 0 spiro atoms. The van der Waals surface area contributed by atoms with Gasteiger partial charge in [-0.15, -0.1) is 11.3 Å². The van der Waals surface area contributed by atoms with Gasteiger partial charge in [0.1, 0.15) is 5.00 Å². The summed E-state index contributed by atoms with van der Waals surface area (Å²) < 4.78 is 5.32. The van der Waals surface area contributed by atoms with Crippen LogP contribution < -0.4 is 5.32 Å². The fraction of sp³-hybridized carbons (Fsp3) is 0.632. The lowest BCUT2D eigenvalue weighted by molar-refractivity contribution is -0.116. The quantitative estimate of drug-likeness (QED) is 0.687. The summed E-state index contributed by atoms with van der Waals surface area (Å²) >= 11 is 1.14. The minimum atomic E-state index is -0.521. The number of nitrogens with zero attached hydrogens (tertiary/aromatic N) is 1.